The topological polar surface area (TPSA) is 93.9 Å². The van der Waals surface area contributed by atoms with Crippen LogP contribution >= 0.6 is 0 Å². The Hall–Kier alpha value is -3.22. The van der Waals surface area contributed by atoms with E-state index in [0.29, 0.717) is 41.4 Å². The van der Waals surface area contributed by atoms with E-state index in [1.165, 1.54) is 0 Å². The van der Waals surface area contributed by atoms with E-state index in [1.807, 2.05) is 0 Å². The van der Waals surface area contributed by atoms with Gasteiger partial charge in [0.2, 0.25) is 5.91 Å². The molecule has 7 nitrogen and oxygen atoms in total. The van der Waals surface area contributed by atoms with Crippen molar-refractivity contribution in [1.29, 1.82) is 0 Å². The van der Waals surface area contributed by atoms with Crippen LogP contribution in [0.3, 0.4) is 0 Å². The first-order valence-corrected chi connectivity index (χ1v) is 8.22. The van der Waals surface area contributed by atoms with Crippen LogP contribution in [-0.2, 0) is 4.79 Å². The van der Waals surface area contributed by atoms with Crippen molar-refractivity contribution in [2.75, 3.05) is 31.4 Å². The van der Waals surface area contributed by atoms with E-state index in [9.17, 15) is 9.59 Å². The second-order valence-electron chi connectivity index (χ2n) is 6.00. The molecule has 1 aliphatic rings. The van der Waals surface area contributed by atoms with Crippen LogP contribution in [0.4, 0.5) is 11.4 Å². The summed E-state index contributed by atoms with van der Waals surface area (Å²) in [5, 5.41) is 2.78. The molecule has 2 aromatic rings. The van der Waals surface area contributed by atoms with E-state index in [4.69, 9.17) is 15.2 Å². The van der Waals surface area contributed by atoms with Crippen LogP contribution in [0.5, 0.6) is 11.5 Å². The predicted octanol–water partition coefficient (Wildman–Crippen LogP) is 1.82. The van der Waals surface area contributed by atoms with Crippen LogP contribution < -0.4 is 25.4 Å². The maximum atomic E-state index is 12.7. The Morgan fingerprint density at radius 2 is 1.85 bits per heavy atom. The minimum Gasteiger partial charge on any atom is -0.497 e. The number of benzene rings is 2. The zero-order valence-electron chi connectivity index (χ0n) is 14.7. The zero-order valence-corrected chi connectivity index (χ0v) is 14.7. The van der Waals surface area contributed by atoms with Crippen LogP contribution in [0.2, 0.25) is 0 Å². The molecular formula is C19H21N3O4. The lowest BCUT2D eigenvalue weighted by atomic mass is 10.1. The van der Waals surface area contributed by atoms with Crippen molar-refractivity contribution in [2.24, 2.45) is 0 Å². The fourth-order valence-electron chi connectivity index (χ4n) is 2.94. The van der Waals surface area contributed by atoms with Crippen LogP contribution in [0, 0.1) is 0 Å². The number of hydrogen-bond acceptors (Lipinski definition) is 5. The van der Waals surface area contributed by atoms with Gasteiger partial charge in [-0.2, -0.15) is 0 Å². The minimum atomic E-state index is -0.582. The van der Waals surface area contributed by atoms with Crippen molar-refractivity contribution in [3.05, 3.63) is 48.0 Å². The molecule has 0 spiro atoms. The number of nitrogens with one attached hydrogen (secondary N) is 1. The van der Waals surface area contributed by atoms with Crippen molar-refractivity contribution in [2.45, 2.75) is 12.5 Å². The standard InChI is InChI=1S/C19H21N3O4/c1-25-15-9-14(10-16(11-15)26-2)22-7-6-17(19(22)24)21-18(23)12-4-3-5-13(20)8-12/h3-5,8-11,17H,6-7,20H2,1-2H3,(H,21,23). The number of carbonyl (C=O) groups excluding carboxylic acids is 2. The van der Waals surface area contributed by atoms with Crippen LogP contribution in [0.1, 0.15) is 16.8 Å². The molecule has 0 radical (unpaired) electrons. The van der Waals surface area contributed by atoms with E-state index in [0.717, 1.165) is 0 Å². The summed E-state index contributed by atoms with van der Waals surface area (Å²) in [5.41, 5.74) is 7.31. The number of rotatable bonds is 5. The van der Waals surface area contributed by atoms with Gasteiger partial charge in [0.15, 0.2) is 0 Å². The number of anilines is 2. The first-order chi connectivity index (χ1) is 12.5. The number of carbonyl (C=O) groups is 2. The summed E-state index contributed by atoms with van der Waals surface area (Å²) < 4.78 is 10.5. The fourth-order valence-corrected chi connectivity index (χ4v) is 2.94. The number of ether oxygens (including phenoxy) is 2. The molecule has 3 N–H and O–H groups in total. The maximum Gasteiger partial charge on any atom is 0.252 e. The highest BCUT2D eigenvalue weighted by atomic mass is 16.5. The number of nitrogens with two attached hydrogens (primary N) is 1. The maximum absolute atomic E-state index is 12.7. The Balaban J connectivity index is 1.75. The first kappa shape index (κ1) is 17.6. The molecule has 1 atom stereocenters. The summed E-state index contributed by atoms with van der Waals surface area (Å²) >= 11 is 0. The number of nitrogen functional groups attached to an aromatic ring is 1. The summed E-state index contributed by atoms with van der Waals surface area (Å²) in [5.74, 6) is 0.706. The van der Waals surface area contributed by atoms with Gasteiger partial charge in [-0.15, -0.1) is 0 Å². The van der Waals surface area contributed by atoms with E-state index < -0.39 is 6.04 Å². The van der Waals surface area contributed by atoms with Crippen molar-refractivity contribution < 1.29 is 19.1 Å². The molecule has 0 saturated carbocycles. The average molecular weight is 355 g/mol. The highest BCUT2D eigenvalue weighted by molar-refractivity contribution is 6.04. The third-order valence-corrected chi connectivity index (χ3v) is 4.31. The Bertz CT molecular complexity index is 815. The highest BCUT2D eigenvalue weighted by Crippen LogP contribution is 2.31. The molecule has 1 unspecified atom stereocenters. The lowest BCUT2D eigenvalue weighted by molar-refractivity contribution is -0.118. The Morgan fingerprint density at radius 3 is 2.46 bits per heavy atom. The molecule has 26 heavy (non-hydrogen) atoms. The first-order valence-electron chi connectivity index (χ1n) is 8.22. The normalized spacial score (nSPS) is 16.5. The third kappa shape index (κ3) is 3.56. The van der Waals surface area contributed by atoms with Crippen molar-refractivity contribution in [1.82, 2.24) is 5.32 Å². The number of nitrogens with zero attached hydrogens (tertiary/aromatic N) is 1. The largest absolute Gasteiger partial charge is 0.497 e. The Labute approximate surface area is 151 Å². The molecule has 1 fully saturated rings. The van der Waals surface area contributed by atoms with Gasteiger partial charge in [-0.25, -0.2) is 0 Å². The van der Waals surface area contributed by atoms with Crippen LogP contribution in [-0.4, -0.2) is 38.6 Å². The molecule has 136 valence electrons. The molecule has 1 aliphatic heterocycles. The van der Waals surface area contributed by atoms with Crippen LogP contribution in [0.25, 0.3) is 0 Å². The third-order valence-electron chi connectivity index (χ3n) is 4.31. The molecule has 0 aliphatic carbocycles. The van der Waals surface area contributed by atoms with Gasteiger partial charge in [-0.1, -0.05) is 6.07 Å². The lowest BCUT2D eigenvalue weighted by Crippen LogP contribution is -2.41. The van der Waals surface area contributed by atoms with Gasteiger partial charge in [0, 0.05) is 36.0 Å². The van der Waals surface area contributed by atoms with E-state index in [2.05, 4.69) is 5.32 Å². The highest BCUT2D eigenvalue weighted by Gasteiger charge is 2.34. The lowest BCUT2D eigenvalue weighted by Gasteiger charge is -2.19. The Morgan fingerprint density at radius 1 is 1.15 bits per heavy atom. The summed E-state index contributed by atoms with van der Waals surface area (Å²) in [6, 6.07) is 11.3. The quantitative estimate of drug-likeness (QED) is 0.798. The van der Waals surface area contributed by atoms with Crippen molar-refractivity contribution >= 4 is 23.2 Å². The van der Waals surface area contributed by atoms with E-state index >= 15 is 0 Å². The van der Waals surface area contributed by atoms with Crippen molar-refractivity contribution in [3.63, 3.8) is 0 Å². The number of amides is 2. The molecule has 2 aromatic carbocycles. The molecule has 2 amide bonds. The fraction of sp³-hybridized carbons (Fsp3) is 0.263. The molecule has 1 saturated heterocycles. The van der Waals surface area contributed by atoms with Gasteiger partial charge < -0.3 is 25.4 Å². The zero-order chi connectivity index (χ0) is 18.7. The van der Waals surface area contributed by atoms with E-state index in [-0.39, 0.29) is 11.8 Å². The second-order valence-corrected chi connectivity index (χ2v) is 6.00. The van der Waals surface area contributed by atoms with Gasteiger partial charge in [0.25, 0.3) is 5.91 Å². The monoisotopic (exact) mass is 355 g/mol. The van der Waals surface area contributed by atoms with Crippen LogP contribution in [0.15, 0.2) is 42.5 Å². The predicted molar refractivity (Wildman–Crippen MR) is 98.6 cm³/mol. The Kier molecular flexibility index (Phi) is 4.97. The summed E-state index contributed by atoms with van der Waals surface area (Å²) in [4.78, 5) is 26.7. The number of methoxy groups -OCH3 is 2. The molecule has 3 rings (SSSR count). The molecular weight excluding hydrogens is 334 g/mol. The molecule has 7 heteroatoms. The average Bonchev–Trinajstić information content (AvgIpc) is 3.01. The molecule has 0 aromatic heterocycles. The summed E-state index contributed by atoms with van der Waals surface area (Å²) in [7, 11) is 3.11. The van der Waals surface area contributed by atoms with E-state index in [1.54, 1.807) is 61.6 Å². The summed E-state index contributed by atoms with van der Waals surface area (Å²) in [6.07, 6.45) is 0.520. The summed E-state index contributed by atoms with van der Waals surface area (Å²) in [6.45, 7) is 0.497. The number of hydrogen-bond donors (Lipinski definition) is 2. The van der Waals surface area contributed by atoms with Gasteiger partial charge in [0.05, 0.1) is 19.9 Å². The molecule has 0 bridgehead atoms. The second kappa shape index (κ2) is 7.35. The van der Waals surface area contributed by atoms with Gasteiger partial charge >= 0.3 is 0 Å². The van der Waals surface area contributed by atoms with Gasteiger partial charge in [-0.3, -0.25) is 9.59 Å². The van der Waals surface area contributed by atoms with Gasteiger partial charge in [-0.05, 0) is 24.6 Å². The van der Waals surface area contributed by atoms with Gasteiger partial charge in [0.1, 0.15) is 17.5 Å². The minimum absolute atomic E-state index is 0.169. The molecule has 1 heterocycles. The van der Waals surface area contributed by atoms with Crippen molar-refractivity contribution in [3.8, 4) is 11.5 Å². The SMILES string of the molecule is COc1cc(OC)cc(N2CCC(NC(=O)c3cccc(N)c3)C2=O)c1. The smallest absolute Gasteiger partial charge is 0.252 e.